The Hall–Kier alpha value is -1.30. The van der Waals surface area contributed by atoms with E-state index in [4.69, 9.17) is 9.47 Å². The number of nitrogens with zero attached hydrogens (tertiary/aromatic N) is 1. The Balaban J connectivity index is 0.00000361. The summed E-state index contributed by atoms with van der Waals surface area (Å²) in [7, 11) is 0. The number of carbonyl (C=O) groups excluding carboxylic acids is 2. The van der Waals surface area contributed by atoms with Gasteiger partial charge in [0.1, 0.15) is 5.60 Å². The van der Waals surface area contributed by atoms with E-state index >= 15 is 0 Å². The molecule has 0 bridgehead atoms. The zero-order valence-electron chi connectivity index (χ0n) is 12.1. The smallest absolute Gasteiger partial charge is 0.410 e. The van der Waals surface area contributed by atoms with Crippen molar-refractivity contribution in [2.75, 3.05) is 19.7 Å². The molecular weight excluding hydrogens is 262 g/mol. The van der Waals surface area contributed by atoms with Crippen molar-refractivity contribution < 1.29 is 24.2 Å². The van der Waals surface area contributed by atoms with Gasteiger partial charge < -0.3 is 19.5 Å². The number of ether oxygens (including phenoxy) is 2. The largest absolute Gasteiger partial charge is 0.464 e. The second-order valence-electron chi connectivity index (χ2n) is 5.72. The normalized spacial score (nSPS) is 17.9. The van der Waals surface area contributed by atoms with E-state index in [2.05, 4.69) is 0 Å². The monoisotopic (exact) mass is 289 g/mol. The number of amides is 1. The average molecular weight is 289 g/mol. The number of piperidine rings is 1. The van der Waals surface area contributed by atoms with Crippen molar-refractivity contribution in [2.45, 2.75) is 59.2 Å². The summed E-state index contributed by atoms with van der Waals surface area (Å²) in [5.74, 6) is -0.612. The molecule has 0 aromatic carbocycles. The molecule has 1 saturated heterocycles. The lowest BCUT2D eigenvalue weighted by atomic mass is 9.92. The Morgan fingerprint density at radius 1 is 1.25 bits per heavy atom. The van der Waals surface area contributed by atoms with Crippen molar-refractivity contribution in [3.63, 3.8) is 0 Å². The molecule has 0 radical (unpaired) electrons. The van der Waals surface area contributed by atoms with Crippen LogP contribution in [0.5, 0.6) is 0 Å². The molecule has 20 heavy (non-hydrogen) atoms. The molecule has 118 valence electrons. The van der Waals surface area contributed by atoms with Crippen LogP contribution < -0.4 is 0 Å². The molecule has 1 aliphatic heterocycles. The van der Waals surface area contributed by atoms with Gasteiger partial charge in [-0.3, -0.25) is 0 Å². The van der Waals surface area contributed by atoms with E-state index in [0.29, 0.717) is 0 Å². The molecule has 0 unspecified atom stereocenters. The lowest BCUT2D eigenvalue weighted by molar-refractivity contribution is -0.169. The van der Waals surface area contributed by atoms with Crippen molar-refractivity contribution in [3.8, 4) is 0 Å². The van der Waals surface area contributed by atoms with Crippen LogP contribution in [0.25, 0.3) is 0 Å². The maximum Gasteiger partial charge on any atom is 0.410 e. The van der Waals surface area contributed by atoms with Crippen molar-refractivity contribution in [1.29, 1.82) is 0 Å². The predicted octanol–water partition coefficient (Wildman–Crippen LogP) is 1.95. The minimum Gasteiger partial charge on any atom is -0.464 e. The highest BCUT2D eigenvalue weighted by Gasteiger charge is 2.42. The van der Waals surface area contributed by atoms with Gasteiger partial charge in [-0.1, -0.05) is 7.43 Å². The van der Waals surface area contributed by atoms with Gasteiger partial charge in [0.15, 0.2) is 5.60 Å². The van der Waals surface area contributed by atoms with Crippen LogP contribution in [0.15, 0.2) is 0 Å². The van der Waals surface area contributed by atoms with Crippen molar-refractivity contribution >= 4 is 12.1 Å². The van der Waals surface area contributed by atoms with Gasteiger partial charge in [-0.15, -0.1) is 0 Å². The fourth-order valence-corrected chi connectivity index (χ4v) is 1.86. The Bertz CT molecular complexity index is 340. The number of rotatable bonds is 2. The van der Waals surface area contributed by atoms with E-state index in [-0.39, 0.29) is 40.0 Å². The Labute approximate surface area is 121 Å². The fourth-order valence-electron chi connectivity index (χ4n) is 1.86. The average Bonchev–Trinajstić information content (AvgIpc) is 2.27. The molecule has 1 aliphatic rings. The SMILES string of the molecule is C.CCOC(=O)C1(O)CCN(C(=O)OC(C)(C)C)CC1. The molecule has 0 atom stereocenters. The highest BCUT2D eigenvalue weighted by atomic mass is 16.6. The van der Waals surface area contributed by atoms with Crippen LogP contribution in [0.2, 0.25) is 0 Å². The second-order valence-corrected chi connectivity index (χ2v) is 5.72. The van der Waals surface area contributed by atoms with Crippen LogP contribution in [0, 0.1) is 0 Å². The Morgan fingerprint density at radius 3 is 2.15 bits per heavy atom. The molecule has 1 heterocycles. The van der Waals surface area contributed by atoms with Gasteiger partial charge in [0.05, 0.1) is 6.61 Å². The van der Waals surface area contributed by atoms with E-state index in [9.17, 15) is 14.7 Å². The number of carbonyl (C=O) groups is 2. The number of hydrogen-bond acceptors (Lipinski definition) is 5. The number of hydrogen-bond donors (Lipinski definition) is 1. The third-order valence-electron chi connectivity index (χ3n) is 2.90. The van der Waals surface area contributed by atoms with Gasteiger partial charge in [-0.25, -0.2) is 9.59 Å². The van der Waals surface area contributed by atoms with E-state index < -0.39 is 23.3 Å². The van der Waals surface area contributed by atoms with E-state index in [1.165, 1.54) is 4.90 Å². The van der Waals surface area contributed by atoms with Gasteiger partial charge >= 0.3 is 12.1 Å². The Morgan fingerprint density at radius 2 is 1.75 bits per heavy atom. The molecular formula is C14H27NO5. The zero-order chi connectivity index (χ0) is 14.7. The standard InChI is InChI=1S/C13H23NO5.CH4/c1-5-18-10(15)13(17)6-8-14(9-7-13)11(16)19-12(2,3)4;/h17H,5-9H2,1-4H3;1H4. The van der Waals surface area contributed by atoms with Gasteiger partial charge in [-0.2, -0.15) is 0 Å². The van der Waals surface area contributed by atoms with Crippen LogP contribution in [-0.4, -0.2) is 53.0 Å². The van der Waals surface area contributed by atoms with Crippen LogP contribution in [0.4, 0.5) is 4.79 Å². The molecule has 0 spiro atoms. The molecule has 1 N–H and O–H groups in total. The first-order chi connectivity index (χ1) is 8.68. The van der Waals surface area contributed by atoms with Crippen molar-refractivity contribution in [3.05, 3.63) is 0 Å². The molecule has 0 aromatic rings. The van der Waals surface area contributed by atoms with Gasteiger partial charge in [0.2, 0.25) is 0 Å². The second kappa shape index (κ2) is 6.92. The first-order valence-electron chi connectivity index (χ1n) is 6.55. The maximum atomic E-state index is 11.8. The van der Waals surface area contributed by atoms with Crippen LogP contribution >= 0.6 is 0 Å². The summed E-state index contributed by atoms with van der Waals surface area (Å²) in [6.07, 6.45) is -0.0747. The van der Waals surface area contributed by atoms with Crippen LogP contribution in [-0.2, 0) is 14.3 Å². The third-order valence-corrected chi connectivity index (χ3v) is 2.90. The molecule has 0 saturated carbocycles. The quantitative estimate of drug-likeness (QED) is 0.786. The maximum absolute atomic E-state index is 11.8. The summed E-state index contributed by atoms with van der Waals surface area (Å²) in [6, 6.07) is 0. The highest BCUT2D eigenvalue weighted by Crippen LogP contribution is 2.24. The molecule has 1 fully saturated rings. The summed E-state index contributed by atoms with van der Waals surface area (Å²) in [6.45, 7) is 7.87. The van der Waals surface area contributed by atoms with Gasteiger partial charge in [0.25, 0.3) is 0 Å². The summed E-state index contributed by atoms with van der Waals surface area (Å²) in [4.78, 5) is 24.9. The van der Waals surface area contributed by atoms with Crippen molar-refractivity contribution in [1.82, 2.24) is 4.90 Å². The van der Waals surface area contributed by atoms with Crippen LogP contribution in [0.3, 0.4) is 0 Å². The van der Waals surface area contributed by atoms with Crippen molar-refractivity contribution in [2.24, 2.45) is 0 Å². The number of aliphatic hydroxyl groups is 1. The number of esters is 1. The molecule has 0 aromatic heterocycles. The summed E-state index contributed by atoms with van der Waals surface area (Å²) >= 11 is 0. The molecule has 1 amide bonds. The summed E-state index contributed by atoms with van der Waals surface area (Å²) in [5, 5.41) is 10.1. The lowest BCUT2D eigenvalue weighted by Gasteiger charge is -2.36. The zero-order valence-corrected chi connectivity index (χ0v) is 12.1. The molecule has 1 rings (SSSR count). The van der Waals surface area contributed by atoms with E-state index in [1.54, 1.807) is 27.7 Å². The van der Waals surface area contributed by atoms with E-state index in [1.807, 2.05) is 0 Å². The number of likely N-dealkylation sites (tertiary alicyclic amines) is 1. The van der Waals surface area contributed by atoms with Gasteiger partial charge in [-0.05, 0) is 27.7 Å². The highest BCUT2D eigenvalue weighted by molar-refractivity contribution is 5.80. The van der Waals surface area contributed by atoms with E-state index in [0.717, 1.165) is 0 Å². The molecule has 6 nitrogen and oxygen atoms in total. The topological polar surface area (TPSA) is 76.1 Å². The first kappa shape index (κ1) is 18.7. The summed E-state index contributed by atoms with van der Waals surface area (Å²) in [5.41, 5.74) is -2.03. The lowest BCUT2D eigenvalue weighted by Crippen LogP contribution is -2.52. The van der Waals surface area contributed by atoms with Gasteiger partial charge in [0, 0.05) is 25.9 Å². The van der Waals surface area contributed by atoms with Crippen LogP contribution in [0.1, 0.15) is 48.0 Å². The minimum absolute atomic E-state index is 0. The predicted molar refractivity (Wildman–Crippen MR) is 75.4 cm³/mol. The fraction of sp³-hybridized carbons (Fsp3) is 0.857. The molecule has 0 aliphatic carbocycles. The summed E-state index contributed by atoms with van der Waals surface area (Å²) < 4.78 is 10.1. The minimum atomic E-state index is -1.48. The first-order valence-corrected chi connectivity index (χ1v) is 6.55. The Kier molecular flexibility index (Phi) is 6.47. The third kappa shape index (κ3) is 5.00. The molecule has 6 heteroatoms.